The van der Waals surface area contributed by atoms with E-state index in [-0.39, 0.29) is 5.91 Å². The van der Waals surface area contributed by atoms with Crippen LogP contribution in [0, 0.1) is 6.92 Å². The van der Waals surface area contributed by atoms with Gasteiger partial charge in [0.2, 0.25) is 0 Å². The Labute approximate surface area is 206 Å². The molecule has 1 saturated heterocycles. The number of para-hydroxylation sites is 1. The summed E-state index contributed by atoms with van der Waals surface area (Å²) in [6.45, 7) is 5.77. The number of carbonyl (C=O) groups is 1. The molecular formula is C25H26N4O3S2. The Bertz CT molecular complexity index is 1280. The zero-order valence-corrected chi connectivity index (χ0v) is 20.8. The first kappa shape index (κ1) is 22.9. The molecule has 3 heterocycles. The van der Waals surface area contributed by atoms with Crippen LogP contribution in [-0.2, 0) is 17.0 Å². The molecule has 2 aromatic heterocycles. The minimum atomic E-state index is -0.127. The van der Waals surface area contributed by atoms with Gasteiger partial charge in [0, 0.05) is 49.1 Å². The fourth-order valence-corrected chi connectivity index (χ4v) is 5.88. The summed E-state index contributed by atoms with van der Waals surface area (Å²) in [5.74, 6) is 0.856. The first-order valence-electron chi connectivity index (χ1n) is 11.2. The van der Waals surface area contributed by atoms with Crippen LogP contribution in [0.2, 0.25) is 0 Å². The van der Waals surface area contributed by atoms with Gasteiger partial charge in [-0.05, 0) is 30.7 Å². The zero-order valence-electron chi connectivity index (χ0n) is 19.2. The lowest BCUT2D eigenvalue weighted by Gasteiger charge is -2.29. The second kappa shape index (κ2) is 10.2. The second-order valence-electron chi connectivity index (χ2n) is 8.21. The van der Waals surface area contributed by atoms with Crippen molar-refractivity contribution in [2.75, 3.05) is 38.3 Å². The average molecular weight is 495 g/mol. The summed E-state index contributed by atoms with van der Waals surface area (Å²) in [5, 5.41) is 10.2. The summed E-state index contributed by atoms with van der Waals surface area (Å²) in [6, 6.07) is 16.2. The highest BCUT2D eigenvalue weighted by Crippen LogP contribution is 2.33. The first-order chi connectivity index (χ1) is 16.6. The molecule has 34 heavy (non-hydrogen) atoms. The molecular weight excluding hydrogens is 468 g/mol. The molecule has 9 heteroatoms. The molecule has 0 saturated carbocycles. The van der Waals surface area contributed by atoms with E-state index in [9.17, 15) is 4.79 Å². The number of ether oxygens (including phenoxy) is 1. The van der Waals surface area contributed by atoms with Crippen LogP contribution in [0.4, 0.5) is 5.69 Å². The van der Waals surface area contributed by atoms with Gasteiger partial charge >= 0.3 is 0 Å². The molecule has 0 unspecified atom stereocenters. The lowest BCUT2D eigenvalue weighted by Crippen LogP contribution is -2.36. The fraction of sp³-hybridized carbons (Fsp3) is 0.320. The molecule has 0 N–H and O–H groups in total. The Morgan fingerprint density at radius 3 is 2.62 bits per heavy atom. The third kappa shape index (κ3) is 4.96. The van der Waals surface area contributed by atoms with Crippen LogP contribution in [0.5, 0.6) is 0 Å². The number of hydrogen-bond donors (Lipinski definition) is 0. The number of aryl methyl sites for hydroxylation is 1. The molecule has 5 rings (SSSR count). The van der Waals surface area contributed by atoms with Gasteiger partial charge in [0.15, 0.2) is 10.1 Å². The third-order valence-electron chi connectivity index (χ3n) is 5.82. The van der Waals surface area contributed by atoms with Crippen molar-refractivity contribution in [1.82, 2.24) is 15.1 Å². The lowest BCUT2D eigenvalue weighted by atomic mass is 10.1. The molecule has 1 aliphatic rings. The number of rotatable bonds is 7. The van der Waals surface area contributed by atoms with E-state index in [1.807, 2.05) is 38.2 Å². The number of aromatic nitrogens is 2. The van der Waals surface area contributed by atoms with E-state index in [0.717, 1.165) is 57.7 Å². The fourth-order valence-electron chi connectivity index (χ4n) is 4.04. The first-order valence-corrected chi connectivity index (χ1v) is 13.0. The van der Waals surface area contributed by atoms with Crippen LogP contribution in [0.15, 0.2) is 57.3 Å². The summed E-state index contributed by atoms with van der Waals surface area (Å²) in [7, 11) is 1.82. The van der Waals surface area contributed by atoms with Gasteiger partial charge in [0.05, 0.1) is 13.2 Å². The van der Waals surface area contributed by atoms with Crippen LogP contribution in [0.25, 0.3) is 11.0 Å². The van der Waals surface area contributed by atoms with Gasteiger partial charge in [-0.15, -0.1) is 10.2 Å². The van der Waals surface area contributed by atoms with Gasteiger partial charge in [-0.25, -0.2) is 0 Å². The molecule has 0 atom stereocenters. The molecule has 176 valence electrons. The van der Waals surface area contributed by atoms with Crippen molar-refractivity contribution in [2.24, 2.45) is 0 Å². The number of benzene rings is 2. The number of anilines is 1. The highest BCUT2D eigenvalue weighted by Gasteiger charge is 2.24. The minimum absolute atomic E-state index is 0.127. The molecule has 0 aliphatic carbocycles. The van der Waals surface area contributed by atoms with Gasteiger partial charge in [0.1, 0.15) is 10.6 Å². The maximum absolute atomic E-state index is 13.4. The Morgan fingerprint density at radius 2 is 1.88 bits per heavy atom. The predicted octanol–water partition coefficient (Wildman–Crippen LogP) is 4.99. The van der Waals surface area contributed by atoms with Gasteiger partial charge < -0.3 is 19.0 Å². The van der Waals surface area contributed by atoms with Crippen molar-refractivity contribution in [3.05, 3.63) is 70.4 Å². The maximum atomic E-state index is 13.4. The van der Waals surface area contributed by atoms with Crippen molar-refractivity contribution in [3.63, 3.8) is 0 Å². The number of amides is 1. The molecule has 7 nitrogen and oxygen atoms in total. The molecule has 1 fully saturated rings. The van der Waals surface area contributed by atoms with Crippen molar-refractivity contribution >= 4 is 45.7 Å². The van der Waals surface area contributed by atoms with Crippen LogP contribution in [-0.4, -0.2) is 54.4 Å². The Hall–Kier alpha value is -2.88. The summed E-state index contributed by atoms with van der Waals surface area (Å²) < 4.78 is 12.4. The number of morpholine rings is 1. The largest absolute Gasteiger partial charge is 0.451 e. The van der Waals surface area contributed by atoms with E-state index in [4.69, 9.17) is 9.15 Å². The standard InChI is InChI=1S/C25H26N4O3S2/c1-17-26-27-25(34-17)33-16-21-20-5-3-4-6-22(20)32-23(21)24(30)28(2)15-18-7-9-19(10-8-18)29-11-13-31-14-12-29/h3-10H,11-16H2,1-2H3. The molecule has 0 bridgehead atoms. The van der Waals surface area contributed by atoms with Crippen LogP contribution in [0.3, 0.4) is 0 Å². The quantitative estimate of drug-likeness (QED) is 0.335. The average Bonchev–Trinajstić information content (AvgIpc) is 3.46. The molecule has 1 amide bonds. The van der Waals surface area contributed by atoms with Gasteiger partial charge in [0.25, 0.3) is 5.91 Å². The number of fused-ring (bicyclic) bond motifs is 1. The van der Waals surface area contributed by atoms with Crippen LogP contribution >= 0.6 is 23.1 Å². The molecule has 4 aromatic rings. The summed E-state index contributed by atoms with van der Waals surface area (Å²) in [6.07, 6.45) is 0. The molecule has 2 aromatic carbocycles. The number of nitrogens with zero attached hydrogens (tertiary/aromatic N) is 4. The third-order valence-corrected chi connectivity index (χ3v) is 7.82. The minimum Gasteiger partial charge on any atom is -0.451 e. The zero-order chi connectivity index (χ0) is 23.5. The van der Waals surface area contributed by atoms with E-state index < -0.39 is 0 Å². The molecule has 0 spiro atoms. The smallest absolute Gasteiger partial charge is 0.289 e. The summed E-state index contributed by atoms with van der Waals surface area (Å²) >= 11 is 3.13. The number of carbonyl (C=O) groups excluding carboxylic acids is 1. The van der Waals surface area contributed by atoms with E-state index in [1.54, 1.807) is 28.0 Å². The molecule has 1 aliphatic heterocycles. The highest BCUT2D eigenvalue weighted by molar-refractivity contribution is 8.00. The van der Waals surface area contributed by atoms with E-state index in [2.05, 4.69) is 39.4 Å². The lowest BCUT2D eigenvalue weighted by molar-refractivity contribution is 0.0754. The number of furan rings is 1. The van der Waals surface area contributed by atoms with Crippen molar-refractivity contribution in [1.29, 1.82) is 0 Å². The van der Waals surface area contributed by atoms with Crippen LogP contribution in [0.1, 0.15) is 26.7 Å². The summed E-state index contributed by atoms with van der Waals surface area (Å²) in [4.78, 5) is 17.5. The van der Waals surface area contributed by atoms with Crippen molar-refractivity contribution in [2.45, 2.75) is 23.6 Å². The highest BCUT2D eigenvalue weighted by atomic mass is 32.2. The van der Waals surface area contributed by atoms with E-state index in [0.29, 0.717) is 18.1 Å². The van der Waals surface area contributed by atoms with Gasteiger partial charge in [-0.2, -0.15) is 0 Å². The SMILES string of the molecule is Cc1nnc(SCc2c(C(=O)N(C)Cc3ccc(N4CCOCC4)cc3)oc3ccccc23)s1. The van der Waals surface area contributed by atoms with Gasteiger partial charge in [-0.3, -0.25) is 4.79 Å². The monoisotopic (exact) mass is 494 g/mol. The Morgan fingerprint density at radius 1 is 1.12 bits per heavy atom. The Balaban J connectivity index is 1.33. The topological polar surface area (TPSA) is 71.7 Å². The maximum Gasteiger partial charge on any atom is 0.289 e. The van der Waals surface area contributed by atoms with E-state index >= 15 is 0 Å². The number of thioether (sulfide) groups is 1. The predicted molar refractivity (Wildman–Crippen MR) is 136 cm³/mol. The second-order valence-corrected chi connectivity index (χ2v) is 10.6. The van der Waals surface area contributed by atoms with Crippen LogP contribution < -0.4 is 4.90 Å². The number of hydrogen-bond acceptors (Lipinski definition) is 8. The van der Waals surface area contributed by atoms with Crippen molar-refractivity contribution < 1.29 is 13.9 Å². The normalized spacial score (nSPS) is 14.0. The van der Waals surface area contributed by atoms with Gasteiger partial charge in [-0.1, -0.05) is 53.4 Å². The Kier molecular flexibility index (Phi) is 6.85. The van der Waals surface area contributed by atoms with E-state index in [1.165, 1.54) is 5.69 Å². The summed E-state index contributed by atoms with van der Waals surface area (Å²) in [5.41, 5.74) is 3.87. The molecule has 0 radical (unpaired) electrons. The van der Waals surface area contributed by atoms with Crippen molar-refractivity contribution in [3.8, 4) is 0 Å².